The first-order valence-electron chi connectivity index (χ1n) is 9.83. The number of nitrogens with one attached hydrogen (secondary N) is 1. The third-order valence-corrected chi connectivity index (χ3v) is 6.75. The quantitative estimate of drug-likeness (QED) is 0.0966. The van der Waals surface area contributed by atoms with Crippen LogP contribution in [-0.4, -0.2) is 29.7 Å². The summed E-state index contributed by atoms with van der Waals surface area (Å²) in [6.07, 6.45) is -13.0. The number of hydrogen-bond donors (Lipinski definition) is 1. The Hall–Kier alpha value is -2.64. The second kappa shape index (κ2) is 10.1. The van der Waals surface area contributed by atoms with E-state index >= 15 is 0 Å². The van der Waals surface area contributed by atoms with E-state index in [9.17, 15) is 62.7 Å². The van der Waals surface area contributed by atoms with E-state index in [-0.39, 0.29) is 17.1 Å². The number of thioether (sulfide) groups is 1. The Balaban J connectivity index is 2.19. The van der Waals surface area contributed by atoms with Crippen LogP contribution in [0.25, 0.3) is 10.9 Å². The van der Waals surface area contributed by atoms with Gasteiger partial charge in [0.2, 0.25) is 5.52 Å². The third kappa shape index (κ3) is 5.80. The number of halogens is 13. The van der Waals surface area contributed by atoms with Crippen molar-refractivity contribution < 1.29 is 62.2 Å². The summed E-state index contributed by atoms with van der Waals surface area (Å²) < 4.78 is 160. The lowest BCUT2D eigenvalue weighted by Gasteiger charge is -2.36. The molecule has 212 valence electrons. The van der Waals surface area contributed by atoms with Crippen molar-refractivity contribution >= 4 is 56.9 Å². The normalized spacial score (nSPS) is 14.8. The van der Waals surface area contributed by atoms with Gasteiger partial charge in [0.25, 0.3) is 5.91 Å². The molecule has 0 saturated heterocycles. The Bertz CT molecular complexity index is 1430. The maximum atomic E-state index is 14.9. The van der Waals surface area contributed by atoms with E-state index in [0.29, 0.717) is 10.1 Å². The number of rotatable bonds is 5. The number of carbonyl (C=O) groups is 1. The molecule has 39 heavy (non-hydrogen) atoms. The van der Waals surface area contributed by atoms with Crippen molar-refractivity contribution in [3.8, 4) is 0 Å². The predicted octanol–water partition coefficient (Wildman–Crippen LogP) is 7.87. The molecule has 0 saturated carbocycles. The zero-order valence-electron chi connectivity index (χ0n) is 18.2. The van der Waals surface area contributed by atoms with Crippen molar-refractivity contribution in [1.29, 1.82) is 0 Å². The van der Waals surface area contributed by atoms with Crippen LogP contribution in [0.4, 0.5) is 58.4 Å². The number of alkyl halides is 12. The van der Waals surface area contributed by atoms with Gasteiger partial charge in [0.05, 0.1) is 5.69 Å². The molecule has 4 nitrogen and oxygen atoms in total. The highest BCUT2D eigenvalue weighted by Crippen LogP contribution is 2.59. The lowest BCUT2D eigenvalue weighted by Crippen LogP contribution is -2.59. The molecule has 0 radical (unpaired) electrons. The molecule has 0 spiro atoms. The molecule has 0 aliphatic rings. The van der Waals surface area contributed by atoms with Crippen LogP contribution in [0.15, 0.2) is 53.6 Å². The van der Waals surface area contributed by atoms with E-state index in [1.165, 1.54) is 18.2 Å². The van der Waals surface area contributed by atoms with Crippen LogP contribution in [0, 0.1) is 8.78 Å². The molecule has 0 fully saturated rings. The molecule has 1 heterocycles. The number of aromatic nitrogens is 1. The second-order valence-corrected chi connectivity index (χ2v) is 9.94. The highest BCUT2D eigenvalue weighted by Gasteiger charge is 2.81. The van der Waals surface area contributed by atoms with Gasteiger partial charge >= 0.3 is 29.5 Å². The van der Waals surface area contributed by atoms with Crippen LogP contribution >= 0.6 is 34.4 Å². The predicted molar refractivity (Wildman–Crippen MR) is 122 cm³/mol. The highest BCUT2D eigenvalue weighted by molar-refractivity contribution is 14.1. The molecule has 0 aliphatic carbocycles. The van der Waals surface area contributed by atoms with Gasteiger partial charge in [-0.25, -0.2) is 4.39 Å². The van der Waals surface area contributed by atoms with E-state index in [1.807, 2.05) is 5.32 Å². The summed E-state index contributed by atoms with van der Waals surface area (Å²) in [5, 5.41) is 14.2. The zero-order valence-corrected chi connectivity index (χ0v) is 21.2. The van der Waals surface area contributed by atoms with Gasteiger partial charge in [-0.15, -0.1) is 0 Å². The molecular weight excluding hydrogens is 699 g/mol. The Morgan fingerprint density at radius 3 is 2.03 bits per heavy atom. The molecule has 0 bridgehead atoms. The topological polar surface area (TPSA) is 56.0 Å². The van der Waals surface area contributed by atoms with Crippen molar-refractivity contribution in [2.45, 2.75) is 34.3 Å². The van der Waals surface area contributed by atoms with Gasteiger partial charge in [-0.1, -0.05) is 0 Å². The smallest absolute Gasteiger partial charge is 0.457 e. The number of amides is 1. The monoisotopic (exact) mass is 708 g/mol. The van der Waals surface area contributed by atoms with Crippen LogP contribution in [0.3, 0.4) is 0 Å². The van der Waals surface area contributed by atoms with Gasteiger partial charge in [-0.05, 0) is 64.7 Å². The maximum Gasteiger partial charge on any atom is 0.457 e. The number of pyridine rings is 1. The van der Waals surface area contributed by atoms with Gasteiger partial charge < -0.3 is 10.5 Å². The molecule has 1 amide bonds. The van der Waals surface area contributed by atoms with Gasteiger partial charge in [0.15, 0.2) is 6.20 Å². The van der Waals surface area contributed by atoms with Crippen molar-refractivity contribution in [2.24, 2.45) is 0 Å². The Morgan fingerprint density at radius 2 is 1.49 bits per heavy atom. The van der Waals surface area contributed by atoms with Gasteiger partial charge in [-0.2, -0.15) is 53.0 Å². The van der Waals surface area contributed by atoms with Crippen LogP contribution in [0.1, 0.15) is 15.9 Å². The molecule has 3 rings (SSSR count). The average Bonchev–Trinajstić information content (AvgIpc) is 2.77. The Morgan fingerprint density at radius 1 is 0.872 bits per heavy atom. The minimum absolute atomic E-state index is 0.0677. The van der Waals surface area contributed by atoms with Crippen LogP contribution < -0.4 is 10.0 Å². The van der Waals surface area contributed by atoms with Gasteiger partial charge in [0, 0.05) is 37.1 Å². The van der Waals surface area contributed by atoms with E-state index in [2.05, 4.69) is 0 Å². The first-order chi connectivity index (χ1) is 17.6. The van der Waals surface area contributed by atoms with E-state index in [1.54, 1.807) is 0 Å². The SMILES string of the molecule is O=C(Nc1c(I)cc(C(F)(C(F)(F)F)C(F)(F)C(F)(F)F)cc1SC(F)(F)F)c1ccc2ccc[n+]([O-])c2c1. The van der Waals surface area contributed by atoms with Crippen molar-refractivity contribution in [2.75, 3.05) is 5.32 Å². The number of benzene rings is 2. The lowest BCUT2D eigenvalue weighted by molar-refractivity contribution is -0.577. The number of anilines is 1. The van der Waals surface area contributed by atoms with Crippen LogP contribution in [-0.2, 0) is 5.67 Å². The lowest BCUT2D eigenvalue weighted by atomic mass is 9.87. The minimum Gasteiger partial charge on any atom is -0.618 e. The molecule has 2 aromatic carbocycles. The minimum atomic E-state index is -7.12. The summed E-state index contributed by atoms with van der Waals surface area (Å²) in [5.41, 5.74) is -15.7. The molecule has 0 aliphatic heterocycles. The van der Waals surface area contributed by atoms with Crippen molar-refractivity contribution in [3.05, 3.63) is 68.6 Å². The Labute approximate surface area is 227 Å². The highest BCUT2D eigenvalue weighted by atomic mass is 127. The van der Waals surface area contributed by atoms with Crippen molar-refractivity contribution in [3.63, 3.8) is 0 Å². The number of carbonyl (C=O) groups excluding carboxylic acids is 1. The van der Waals surface area contributed by atoms with E-state index in [4.69, 9.17) is 0 Å². The molecule has 1 atom stereocenters. The molecule has 1 N–H and O–H groups in total. The zero-order chi connectivity index (χ0) is 29.8. The summed E-state index contributed by atoms with van der Waals surface area (Å²) in [7, 11) is 0. The summed E-state index contributed by atoms with van der Waals surface area (Å²) in [5.74, 6) is -8.36. The van der Waals surface area contributed by atoms with E-state index < -0.39 is 72.9 Å². The molecule has 18 heteroatoms. The average molecular weight is 708 g/mol. The summed E-state index contributed by atoms with van der Waals surface area (Å²) in [4.78, 5) is 11.2. The fraction of sp³-hybridized carbons (Fsp3) is 0.238. The Kier molecular flexibility index (Phi) is 7.98. The third-order valence-electron chi connectivity index (χ3n) is 5.12. The first-order valence-corrected chi connectivity index (χ1v) is 11.7. The summed E-state index contributed by atoms with van der Waals surface area (Å²) >= 11 is -0.348. The molecule has 1 aromatic heterocycles. The largest absolute Gasteiger partial charge is 0.618 e. The fourth-order valence-corrected chi connectivity index (χ4v) is 4.97. The maximum absolute atomic E-state index is 14.9. The summed E-state index contributed by atoms with van der Waals surface area (Å²) in [6, 6.07) is 5.58. The molecule has 1 unspecified atom stereocenters. The van der Waals surface area contributed by atoms with Gasteiger partial charge in [-0.3, -0.25) is 4.79 Å². The van der Waals surface area contributed by atoms with Crippen LogP contribution in [0.5, 0.6) is 0 Å². The summed E-state index contributed by atoms with van der Waals surface area (Å²) in [6.45, 7) is 0. The number of nitrogens with zero attached hydrogens (tertiary/aromatic N) is 1. The van der Waals surface area contributed by atoms with Crippen LogP contribution in [0.2, 0.25) is 0 Å². The van der Waals surface area contributed by atoms with Crippen molar-refractivity contribution in [1.82, 2.24) is 0 Å². The standard InChI is InChI=1S/C21H9F12IN2O2S/c22-17(19(25,26)27,18(23,24)20(28,29)30)11-7-12(34)15(14(8-11)39-21(31,32)33)35-16(37)10-4-3-9-2-1-5-36(38)13(9)6-10/h1-8H,(H,35,37). The fourth-order valence-electron chi connectivity index (χ4n) is 3.33. The van der Waals surface area contributed by atoms with Gasteiger partial charge in [0.1, 0.15) is 0 Å². The molecule has 3 aromatic rings. The number of hydrogen-bond acceptors (Lipinski definition) is 3. The first kappa shape index (κ1) is 30.9. The number of fused-ring (bicyclic) bond motifs is 1. The van der Waals surface area contributed by atoms with E-state index in [0.717, 1.165) is 40.9 Å². The second-order valence-electron chi connectivity index (χ2n) is 7.67. The molecular formula is C21H9F12IN2O2S.